The predicted octanol–water partition coefficient (Wildman–Crippen LogP) is 2.02. The van der Waals surface area contributed by atoms with Crippen LogP contribution in [0.2, 0.25) is 0 Å². The second kappa shape index (κ2) is 8.02. The van der Waals surface area contributed by atoms with Gasteiger partial charge in [-0.2, -0.15) is 5.26 Å². The molecule has 0 aromatic heterocycles. The van der Waals surface area contributed by atoms with E-state index in [9.17, 15) is 13.6 Å². The van der Waals surface area contributed by atoms with Gasteiger partial charge in [0.15, 0.2) is 11.6 Å². The molecule has 0 saturated heterocycles. The molecule has 1 N–H and O–H groups in total. The fourth-order valence-corrected chi connectivity index (χ4v) is 1.45. The summed E-state index contributed by atoms with van der Waals surface area (Å²) in [5.41, 5.74) is -0.430. The van der Waals surface area contributed by atoms with Crippen LogP contribution >= 0.6 is 0 Å². The van der Waals surface area contributed by atoms with Gasteiger partial charge in [-0.15, -0.1) is 0 Å². The van der Waals surface area contributed by atoms with Gasteiger partial charge in [-0.05, 0) is 18.6 Å². The second-order valence-corrected chi connectivity index (χ2v) is 3.92. The number of nitrogens with zero attached hydrogens (tertiary/aromatic N) is 1. The van der Waals surface area contributed by atoms with Crippen molar-refractivity contribution in [1.29, 1.82) is 5.26 Å². The number of methoxy groups -OCH3 is 1. The number of nitriles is 1. The van der Waals surface area contributed by atoms with Gasteiger partial charge in [-0.3, -0.25) is 4.79 Å². The zero-order chi connectivity index (χ0) is 15.0. The van der Waals surface area contributed by atoms with Crippen molar-refractivity contribution in [3.8, 4) is 6.07 Å². The van der Waals surface area contributed by atoms with Gasteiger partial charge in [0.2, 0.25) is 0 Å². The average Bonchev–Trinajstić information content (AvgIpc) is 2.45. The second-order valence-electron chi connectivity index (χ2n) is 3.92. The van der Waals surface area contributed by atoms with Crippen molar-refractivity contribution >= 4 is 12.0 Å². The first-order chi connectivity index (χ1) is 9.60. The summed E-state index contributed by atoms with van der Waals surface area (Å²) in [4.78, 5) is 11.7. The number of amides is 1. The molecule has 1 rings (SSSR count). The third-order valence-corrected chi connectivity index (χ3v) is 2.46. The number of hydrogen-bond acceptors (Lipinski definition) is 3. The molecule has 0 aliphatic carbocycles. The Kier molecular flexibility index (Phi) is 6.33. The SMILES string of the molecule is COCCCNC(=O)C(C#N)=Cc1cccc(F)c1F. The van der Waals surface area contributed by atoms with Crippen molar-refractivity contribution in [3.63, 3.8) is 0 Å². The first kappa shape index (κ1) is 15.8. The van der Waals surface area contributed by atoms with E-state index in [4.69, 9.17) is 10.00 Å². The molecule has 0 atom stereocenters. The van der Waals surface area contributed by atoms with Crippen molar-refractivity contribution < 1.29 is 18.3 Å². The number of carbonyl (C=O) groups is 1. The molecule has 106 valence electrons. The molecule has 0 saturated carbocycles. The third-order valence-electron chi connectivity index (χ3n) is 2.46. The van der Waals surface area contributed by atoms with Gasteiger partial charge in [-0.25, -0.2) is 8.78 Å². The molecule has 0 fully saturated rings. The minimum absolute atomic E-state index is 0.145. The molecular weight excluding hydrogens is 266 g/mol. The van der Waals surface area contributed by atoms with E-state index in [1.807, 2.05) is 0 Å². The Morgan fingerprint density at radius 1 is 1.50 bits per heavy atom. The lowest BCUT2D eigenvalue weighted by Gasteiger charge is -2.04. The lowest BCUT2D eigenvalue weighted by atomic mass is 10.1. The monoisotopic (exact) mass is 280 g/mol. The Morgan fingerprint density at radius 3 is 2.90 bits per heavy atom. The molecule has 1 aromatic rings. The van der Waals surface area contributed by atoms with Gasteiger partial charge in [0.1, 0.15) is 11.6 Å². The van der Waals surface area contributed by atoms with Crippen LogP contribution in [0.25, 0.3) is 6.08 Å². The van der Waals surface area contributed by atoms with E-state index < -0.39 is 17.5 Å². The fraction of sp³-hybridized carbons (Fsp3) is 0.286. The van der Waals surface area contributed by atoms with Crippen LogP contribution in [0.4, 0.5) is 8.78 Å². The molecule has 0 bridgehead atoms. The van der Waals surface area contributed by atoms with Crippen LogP contribution in [0.15, 0.2) is 23.8 Å². The molecule has 0 aliphatic heterocycles. The number of benzene rings is 1. The van der Waals surface area contributed by atoms with Crippen molar-refractivity contribution in [2.75, 3.05) is 20.3 Å². The van der Waals surface area contributed by atoms with Gasteiger partial charge >= 0.3 is 0 Å². The van der Waals surface area contributed by atoms with E-state index in [-0.39, 0.29) is 11.1 Å². The average molecular weight is 280 g/mol. The molecule has 1 amide bonds. The minimum Gasteiger partial charge on any atom is -0.385 e. The number of rotatable bonds is 6. The normalized spacial score (nSPS) is 11.0. The van der Waals surface area contributed by atoms with Gasteiger partial charge in [0, 0.05) is 25.8 Å². The van der Waals surface area contributed by atoms with Gasteiger partial charge in [0.05, 0.1) is 0 Å². The molecule has 0 aliphatic rings. The number of carbonyl (C=O) groups excluding carboxylic acids is 1. The molecular formula is C14H14F2N2O2. The van der Waals surface area contributed by atoms with Crippen LogP contribution in [0.5, 0.6) is 0 Å². The highest BCUT2D eigenvalue weighted by molar-refractivity contribution is 6.01. The van der Waals surface area contributed by atoms with E-state index in [0.717, 1.165) is 12.1 Å². The Morgan fingerprint density at radius 2 is 2.25 bits per heavy atom. The van der Waals surface area contributed by atoms with Crippen LogP contribution in [-0.4, -0.2) is 26.2 Å². The maximum absolute atomic E-state index is 13.4. The zero-order valence-corrected chi connectivity index (χ0v) is 11.0. The standard InChI is InChI=1S/C14H14F2N2O2/c1-20-7-3-6-18-14(19)11(9-17)8-10-4-2-5-12(15)13(10)16/h2,4-5,8H,3,6-7H2,1H3,(H,18,19). The van der Waals surface area contributed by atoms with E-state index in [2.05, 4.69) is 5.32 Å². The lowest BCUT2D eigenvalue weighted by Crippen LogP contribution is -2.26. The first-order valence-corrected chi connectivity index (χ1v) is 5.93. The van der Waals surface area contributed by atoms with E-state index in [1.165, 1.54) is 19.2 Å². The number of hydrogen-bond donors (Lipinski definition) is 1. The summed E-state index contributed by atoms with van der Waals surface area (Å²) in [6, 6.07) is 5.22. The molecule has 0 radical (unpaired) electrons. The van der Waals surface area contributed by atoms with Crippen molar-refractivity contribution in [3.05, 3.63) is 41.0 Å². The molecule has 1 aromatic carbocycles. The minimum atomic E-state index is -1.09. The van der Waals surface area contributed by atoms with Gasteiger partial charge < -0.3 is 10.1 Å². The Balaban J connectivity index is 2.80. The Hall–Kier alpha value is -2.26. The van der Waals surface area contributed by atoms with Crippen LogP contribution in [0, 0.1) is 23.0 Å². The highest BCUT2D eigenvalue weighted by atomic mass is 19.2. The summed E-state index contributed by atoms with van der Waals surface area (Å²) in [6.45, 7) is 0.807. The summed E-state index contributed by atoms with van der Waals surface area (Å²) >= 11 is 0. The Bertz CT molecular complexity index is 551. The topological polar surface area (TPSA) is 62.1 Å². The molecule has 20 heavy (non-hydrogen) atoms. The van der Waals surface area contributed by atoms with Crippen molar-refractivity contribution in [1.82, 2.24) is 5.32 Å². The van der Waals surface area contributed by atoms with Gasteiger partial charge in [-0.1, -0.05) is 12.1 Å². The zero-order valence-electron chi connectivity index (χ0n) is 11.0. The smallest absolute Gasteiger partial charge is 0.261 e. The summed E-state index contributed by atoms with van der Waals surface area (Å²) in [7, 11) is 1.54. The largest absolute Gasteiger partial charge is 0.385 e. The highest BCUT2D eigenvalue weighted by Gasteiger charge is 2.11. The van der Waals surface area contributed by atoms with E-state index in [0.29, 0.717) is 19.6 Å². The molecule has 0 unspecified atom stereocenters. The molecule has 0 heterocycles. The highest BCUT2D eigenvalue weighted by Crippen LogP contribution is 2.14. The van der Waals surface area contributed by atoms with Crippen molar-refractivity contribution in [2.24, 2.45) is 0 Å². The molecule has 4 nitrogen and oxygen atoms in total. The maximum Gasteiger partial charge on any atom is 0.261 e. The van der Waals surface area contributed by atoms with Gasteiger partial charge in [0.25, 0.3) is 5.91 Å². The predicted molar refractivity (Wildman–Crippen MR) is 69.5 cm³/mol. The van der Waals surface area contributed by atoms with Crippen LogP contribution in [-0.2, 0) is 9.53 Å². The summed E-state index contributed by atoms with van der Waals surface area (Å²) in [6.07, 6.45) is 1.61. The van der Waals surface area contributed by atoms with Crippen molar-refractivity contribution in [2.45, 2.75) is 6.42 Å². The van der Waals surface area contributed by atoms with E-state index >= 15 is 0 Å². The number of halogens is 2. The maximum atomic E-state index is 13.4. The van der Waals surface area contributed by atoms with Crippen LogP contribution in [0.1, 0.15) is 12.0 Å². The first-order valence-electron chi connectivity index (χ1n) is 5.93. The molecule has 6 heteroatoms. The Labute approximate surface area is 115 Å². The lowest BCUT2D eigenvalue weighted by molar-refractivity contribution is -0.117. The quantitative estimate of drug-likeness (QED) is 0.492. The van der Waals surface area contributed by atoms with E-state index in [1.54, 1.807) is 6.07 Å². The number of nitrogens with one attached hydrogen (secondary N) is 1. The summed E-state index contributed by atoms with van der Waals surface area (Å²) in [5.74, 6) is -2.75. The fourth-order valence-electron chi connectivity index (χ4n) is 1.45. The van der Waals surface area contributed by atoms with Crippen LogP contribution < -0.4 is 5.32 Å². The third kappa shape index (κ3) is 4.44. The van der Waals surface area contributed by atoms with Crippen LogP contribution in [0.3, 0.4) is 0 Å². The summed E-state index contributed by atoms with van der Waals surface area (Å²) < 4.78 is 31.3. The number of ether oxygens (including phenoxy) is 1. The molecule has 0 spiro atoms. The summed E-state index contributed by atoms with van der Waals surface area (Å²) in [5, 5.41) is 11.4.